The van der Waals surface area contributed by atoms with E-state index < -0.39 is 14.0 Å². The van der Waals surface area contributed by atoms with Crippen LogP contribution >= 0.6 is 8.17 Å². The fourth-order valence-corrected chi connectivity index (χ4v) is 1.98. The molecular formula is C9H12FO4P+. The Morgan fingerprint density at radius 1 is 1.20 bits per heavy atom. The fraction of sp³-hybridized carbons (Fsp3) is 0.333. The van der Waals surface area contributed by atoms with Crippen LogP contribution in [0.5, 0.6) is 5.75 Å². The second-order valence-electron chi connectivity index (χ2n) is 2.46. The van der Waals surface area contributed by atoms with Gasteiger partial charge in [-0.3, -0.25) is 4.52 Å². The summed E-state index contributed by atoms with van der Waals surface area (Å²) in [5.74, 6) is -0.251. The molecule has 0 saturated carbocycles. The average Bonchev–Trinajstić information content (AvgIpc) is 2.26. The van der Waals surface area contributed by atoms with Gasteiger partial charge in [-0.1, -0.05) is 0 Å². The van der Waals surface area contributed by atoms with Gasteiger partial charge in [-0.15, -0.1) is 13.6 Å². The van der Waals surface area contributed by atoms with E-state index in [2.05, 4.69) is 6.07 Å². The van der Waals surface area contributed by atoms with Crippen LogP contribution in [0, 0.1) is 11.9 Å². The van der Waals surface area contributed by atoms with E-state index in [-0.39, 0.29) is 5.75 Å². The van der Waals surface area contributed by atoms with E-state index >= 15 is 0 Å². The van der Waals surface area contributed by atoms with Crippen molar-refractivity contribution in [3.63, 3.8) is 0 Å². The van der Waals surface area contributed by atoms with Gasteiger partial charge in [0.1, 0.15) is 5.82 Å². The zero-order valence-electron chi connectivity index (χ0n) is 8.69. The molecule has 4 nitrogen and oxygen atoms in total. The van der Waals surface area contributed by atoms with Gasteiger partial charge in [0.05, 0.1) is 21.3 Å². The monoisotopic (exact) mass is 234 g/mol. The van der Waals surface area contributed by atoms with E-state index in [0.29, 0.717) is 0 Å². The molecule has 0 aliphatic carbocycles. The molecule has 0 aromatic heterocycles. The minimum Gasteiger partial charge on any atom is -0.261 e. The van der Waals surface area contributed by atoms with Gasteiger partial charge in [0, 0.05) is 12.1 Å². The molecule has 0 N–H and O–H groups in total. The van der Waals surface area contributed by atoms with Gasteiger partial charge >= 0.3 is 8.17 Å². The second-order valence-corrected chi connectivity index (χ2v) is 4.63. The molecule has 0 saturated heterocycles. The van der Waals surface area contributed by atoms with Gasteiger partial charge in [0.25, 0.3) is 0 Å². The zero-order chi connectivity index (χ0) is 11.3. The lowest BCUT2D eigenvalue weighted by Crippen LogP contribution is -2.07. The summed E-state index contributed by atoms with van der Waals surface area (Å²) in [5.41, 5.74) is 0. The summed E-state index contributed by atoms with van der Waals surface area (Å²) in [5, 5.41) is 0. The summed E-state index contributed by atoms with van der Waals surface area (Å²) < 4.78 is 33.1. The van der Waals surface area contributed by atoms with Crippen LogP contribution < -0.4 is 4.52 Å². The van der Waals surface area contributed by atoms with E-state index in [0.717, 1.165) is 0 Å². The van der Waals surface area contributed by atoms with Gasteiger partial charge in [0.2, 0.25) is 0 Å². The molecule has 0 bridgehead atoms. The van der Waals surface area contributed by atoms with Crippen molar-refractivity contribution in [1.82, 2.24) is 0 Å². The first-order valence-corrected chi connectivity index (χ1v) is 5.55. The summed E-state index contributed by atoms with van der Waals surface area (Å²) >= 11 is 0. The Balaban J connectivity index is 2.82. The molecule has 15 heavy (non-hydrogen) atoms. The summed E-state index contributed by atoms with van der Waals surface area (Å²) in [4.78, 5) is 0. The van der Waals surface area contributed by atoms with E-state index in [1.807, 2.05) is 0 Å². The first-order chi connectivity index (χ1) is 7.15. The molecule has 0 atom stereocenters. The third-order valence-electron chi connectivity index (χ3n) is 1.63. The standard InChI is InChI=1S/C9H12FO4P/c1-11-15(12-2,13-3)14-9-6-4-5-8(10)7-9/h4,6-7H,1-3H3/q+1. The Morgan fingerprint density at radius 3 is 2.27 bits per heavy atom. The normalized spacial score (nSPS) is 11.5. The Morgan fingerprint density at radius 2 is 1.80 bits per heavy atom. The largest absolute Gasteiger partial charge is 0.620 e. The highest BCUT2D eigenvalue weighted by Crippen LogP contribution is 2.60. The third kappa shape index (κ3) is 3.11. The maximum atomic E-state index is 12.8. The summed E-state index contributed by atoms with van der Waals surface area (Å²) in [7, 11) is 1.32. The maximum absolute atomic E-state index is 12.8. The average molecular weight is 234 g/mol. The summed E-state index contributed by atoms with van der Waals surface area (Å²) in [6.07, 6.45) is 0. The van der Waals surface area contributed by atoms with Crippen molar-refractivity contribution in [1.29, 1.82) is 0 Å². The van der Waals surface area contributed by atoms with Crippen LogP contribution in [-0.2, 0) is 13.6 Å². The molecule has 0 spiro atoms. The molecule has 1 aromatic carbocycles. The van der Waals surface area contributed by atoms with Crippen LogP contribution in [-0.4, -0.2) is 21.3 Å². The van der Waals surface area contributed by atoms with Crippen LogP contribution in [0.25, 0.3) is 0 Å². The lowest BCUT2D eigenvalue weighted by atomic mass is 10.3. The van der Waals surface area contributed by atoms with Crippen molar-refractivity contribution in [2.24, 2.45) is 0 Å². The van der Waals surface area contributed by atoms with Gasteiger partial charge in [-0.25, -0.2) is 4.39 Å². The molecule has 1 rings (SSSR count). The van der Waals surface area contributed by atoms with Crippen molar-refractivity contribution in [2.45, 2.75) is 0 Å². The van der Waals surface area contributed by atoms with E-state index in [1.54, 1.807) is 0 Å². The lowest BCUT2D eigenvalue weighted by molar-refractivity contribution is 0.147. The van der Waals surface area contributed by atoms with Gasteiger partial charge in [-0.2, -0.15) is 0 Å². The van der Waals surface area contributed by atoms with Gasteiger partial charge in [-0.05, 0) is 12.1 Å². The fourth-order valence-electron chi connectivity index (χ4n) is 0.939. The third-order valence-corrected chi connectivity index (χ3v) is 3.40. The first kappa shape index (κ1) is 12.3. The number of benzene rings is 1. The highest BCUT2D eigenvalue weighted by atomic mass is 31.2. The van der Waals surface area contributed by atoms with E-state index in [9.17, 15) is 4.39 Å². The topological polar surface area (TPSA) is 36.9 Å². The molecule has 0 heterocycles. The molecule has 1 radical (unpaired) electrons. The van der Waals surface area contributed by atoms with Crippen LogP contribution in [0.15, 0.2) is 18.2 Å². The SMILES string of the molecule is CO[P+](OC)(OC)Oc1cc[c]c(F)c1. The number of rotatable bonds is 5. The highest BCUT2D eigenvalue weighted by Gasteiger charge is 2.47. The van der Waals surface area contributed by atoms with Crippen molar-refractivity contribution in [3.8, 4) is 5.75 Å². The quantitative estimate of drug-likeness (QED) is 0.734. The first-order valence-electron chi connectivity index (χ1n) is 4.09. The van der Waals surface area contributed by atoms with Crippen molar-refractivity contribution in [3.05, 3.63) is 30.1 Å². The number of halogens is 1. The Bertz CT molecular complexity index is 308. The van der Waals surface area contributed by atoms with Crippen molar-refractivity contribution < 1.29 is 22.5 Å². The predicted octanol–water partition coefficient (Wildman–Crippen LogP) is 2.62. The van der Waals surface area contributed by atoms with Crippen LogP contribution in [0.4, 0.5) is 4.39 Å². The number of hydrogen-bond acceptors (Lipinski definition) is 4. The van der Waals surface area contributed by atoms with Crippen molar-refractivity contribution >= 4 is 8.17 Å². The molecule has 0 fully saturated rings. The highest BCUT2D eigenvalue weighted by molar-refractivity contribution is 7.56. The lowest BCUT2D eigenvalue weighted by Gasteiger charge is -2.14. The summed E-state index contributed by atoms with van der Waals surface area (Å²) in [6, 6.07) is 6.47. The maximum Gasteiger partial charge on any atom is 0.620 e. The minimum atomic E-state index is -2.86. The van der Waals surface area contributed by atoms with E-state index in [1.165, 1.54) is 39.5 Å². The molecule has 6 heteroatoms. The van der Waals surface area contributed by atoms with Crippen LogP contribution in [0.2, 0.25) is 0 Å². The summed E-state index contributed by atoms with van der Waals surface area (Å²) in [6.45, 7) is 0. The minimum absolute atomic E-state index is 0.269. The Hall–Kier alpha value is -0.740. The second kappa shape index (κ2) is 5.37. The molecular weight excluding hydrogens is 222 g/mol. The molecule has 0 aliphatic rings. The van der Waals surface area contributed by atoms with Crippen LogP contribution in [0.1, 0.15) is 0 Å². The van der Waals surface area contributed by atoms with Crippen molar-refractivity contribution in [2.75, 3.05) is 21.3 Å². The Kier molecular flexibility index (Phi) is 4.42. The zero-order valence-corrected chi connectivity index (χ0v) is 9.58. The van der Waals surface area contributed by atoms with Crippen LogP contribution in [0.3, 0.4) is 0 Å². The molecule has 83 valence electrons. The molecule has 1 aromatic rings. The molecule has 0 unspecified atom stereocenters. The Labute approximate surface area is 88.6 Å². The molecule has 0 aliphatic heterocycles. The van der Waals surface area contributed by atoms with Gasteiger partial charge < -0.3 is 0 Å². The van der Waals surface area contributed by atoms with Gasteiger partial charge in [0.15, 0.2) is 5.75 Å². The van der Waals surface area contributed by atoms with E-state index in [4.69, 9.17) is 18.1 Å². The molecule has 0 amide bonds. The smallest absolute Gasteiger partial charge is 0.261 e. The predicted molar refractivity (Wildman–Crippen MR) is 53.8 cm³/mol. The number of hydrogen-bond donors (Lipinski definition) is 0.